The maximum Gasteiger partial charge on any atom is 0.422 e. The molecule has 110 valence electrons. The first-order valence-electron chi connectivity index (χ1n) is 5.38. The maximum atomic E-state index is 12.8. The SMILES string of the molecule is Cc1cc(C(=O)NC(C)(C(=O)O)C(F)(F)F)ccc1Br. The van der Waals surface area contributed by atoms with Crippen molar-refractivity contribution in [3.05, 3.63) is 33.8 Å². The summed E-state index contributed by atoms with van der Waals surface area (Å²) in [5.41, 5.74) is -2.76. The van der Waals surface area contributed by atoms with Gasteiger partial charge < -0.3 is 10.4 Å². The minimum absolute atomic E-state index is 0.0533. The number of halogens is 4. The average molecular weight is 354 g/mol. The van der Waals surface area contributed by atoms with Crippen molar-refractivity contribution in [2.45, 2.75) is 25.6 Å². The molecule has 1 unspecified atom stereocenters. The minimum atomic E-state index is -5.11. The van der Waals surface area contributed by atoms with Crippen molar-refractivity contribution in [3.63, 3.8) is 0 Å². The summed E-state index contributed by atoms with van der Waals surface area (Å²) in [6.07, 6.45) is -5.11. The number of carboxylic acids is 1. The highest BCUT2D eigenvalue weighted by Crippen LogP contribution is 2.30. The number of hydrogen-bond donors (Lipinski definition) is 2. The second-order valence-corrected chi connectivity index (χ2v) is 5.20. The first-order chi connectivity index (χ1) is 8.99. The standard InChI is InChI=1S/C12H11BrF3NO3/c1-6-5-7(3-4-8(6)13)9(18)17-11(2,10(19)20)12(14,15)16/h3-5H,1-2H3,(H,17,18)(H,19,20). The number of nitrogens with one attached hydrogen (secondary N) is 1. The van der Waals surface area contributed by atoms with Crippen LogP contribution in [0.3, 0.4) is 0 Å². The van der Waals surface area contributed by atoms with Gasteiger partial charge >= 0.3 is 12.1 Å². The molecule has 2 N–H and O–H groups in total. The molecule has 1 rings (SSSR count). The van der Waals surface area contributed by atoms with Crippen LogP contribution < -0.4 is 5.32 Å². The molecule has 20 heavy (non-hydrogen) atoms. The molecule has 0 saturated carbocycles. The fourth-order valence-corrected chi connectivity index (χ4v) is 1.58. The summed E-state index contributed by atoms with van der Waals surface area (Å²) in [7, 11) is 0. The van der Waals surface area contributed by atoms with Crippen molar-refractivity contribution < 1.29 is 27.9 Å². The Bertz CT molecular complexity index is 559. The summed E-state index contributed by atoms with van der Waals surface area (Å²) < 4.78 is 39.0. The van der Waals surface area contributed by atoms with Crippen LogP contribution in [0.2, 0.25) is 0 Å². The van der Waals surface area contributed by atoms with Gasteiger partial charge in [0, 0.05) is 10.0 Å². The molecule has 0 aliphatic carbocycles. The van der Waals surface area contributed by atoms with E-state index >= 15 is 0 Å². The fourth-order valence-electron chi connectivity index (χ4n) is 1.33. The molecule has 0 radical (unpaired) electrons. The topological polar surface area (TPSA) is 66.4 Å². The average Bonchev–Trinajstić information content (AvgIpc) is 2.30. The van der Waals surface area contributed by atoms with Gasteiger partial charge in [0.2, 0.25) is 5.54 Å². The number of hydrogen-bond acceptors (Lipinski definition) is 2. The Morgan fingerprint density at radius 2 is 1.85 bits per heavy atom. The third-order valence-electron chi connectivity index (χ3n) is 2.78. The number of rotatable bonds is 3. The van der Waals surface area contributed by atoms with Crippen LogP contribution in [0.25, 0.3) is 0 Å². The quantitative estimate of drug-likeness (QED) is 0.877. The van der Waals surface area contributed by atoms with Crippen LogP contribution >= 0.6 is 15.9 Å². The number of benzene rings is 1. The van der Waals surface area contributed by atoms with Crippen LogP contribution in [-0.4, -0.2) is 28.7 Å². The van der Waals surface area contributed by atoms with Gasteiger partial charge in [-0.2, -0.15) is 13.2 Å². The van der Waals surface area contributed by atoms with E-state index in [-0.39, 0.29) is 5.56 Å². The second-order valence-electron chi connectivity index (χ2n) is 4.35. The van der Waals surface area contributed by atoms with Crippen LogP contribution in [-0.2, 0) is 4.79 Å². The van der Waals surface area contributed by atoms with Crippen molar-refractivity contribution in [1.82, 2.24) is 5.32 Å². The van der Waals surface area contributed by atoms with Crippen molar-refractivity contribution >= 4 is 27.8 Å². The number of aliphatic carboxylic acids is 1. The first-order valence-corrected chi connectivity index (χ1v) is 6.17. The Balaban J connectivity index is 3.09. The molecule has 0 aliphatic heterocycles. The van der Waals surface area contributed by atoms with Gasteiger partial charge in [0.05, 0.1) is 0 Å². The summed E-state index contributed by atoms with van der Waals surface area (Å²) >= 11 is 3.19. The summed E-state index contributed by atoms with van der Waals surface area (Å²) in [6.45, 7) is 2.06. The van der Waals surface area contributed by atoms with Crippen molar-refractivity contribution in [2.75, 3.05) is 0 Å². The van der Waals surface area contributed by atoms with Crippen molar-refractivity contribution in [1.29, 1.82) is 0 Å². The van der Waals surface area contributed by atoms with E-state index in [4.69, 9.17) is 5.11 Å². The second kappa shape index (κ2) is 5.43. The Morgan fingerprint density at radius 1 is 1.30 bits per heavy atom. The minimum Gasteiger partial charge on any atom is -0.479 e. The van der Waals surface area contributed by atoms with E-state index in [9.17, 15) is 22.8 Å². The van der Waals surface area contributed by atoms with E-state index in [0.29, 0.717) is 17.0 Å². The van der Waals surface area contributed by atoms with Crippen molar-refractivity contribution in [3.8, 4) is 0 Å². The molecule has 4 nitrogen and oxygen atoms in total. The molecule has 0 spiro atoms. The summed E-state index contributed by atoms with van der Waals surface area (Å²) in [6, 6.07) is 4.15. The number of carbonyl (C=O) groups excluding carboxylic acids is 1. The lowest BCUT2D eigenvalue weighted by molar-refractivity contribution is -0.203. The van der Waals surface area contributed by atoms with Gasteiger partial charge in [-0.15, -0.1) is 0 Å². The largest absolute Gasteiger partial charge is 0.479 e. The predicted octanol–water partition coefficient (Wildman–Crippen LogP) is 2.89. The molecule has 0 aromatic heterocycles. The van der Waals surface area contributed by atoms with Crippen LogP contribution in [0.15, 0.2) is 22.7 Å². The highest BCUT2D eigenvalue weighted by atomic mass is 79.9. The van der Waals surface area contributed by atoms with Crippen LogP contribution in [0.5, 0.6) is 0 Å². The molecule has 8 heteroatoms. The summed E-state index contributed by atoms with van der Waals surface area (Å²) in [4.78, 5) is 22.6. The number of alkyl halides is 3. The zero-order chi connectivity index (χ0) is 15.7. The van der Waals surface area contributed by atoms with Gasteiger partial charge in [-0.3, -0.25) is 4.79 Å². The zero-order valence-corrected chi connectivity index (χ0v) is 12.1. The van der Waals surface area contributed by atoms with Crippen LogP contribution in [0.1, 0.15) is 22.8 Å². The molecule has 0 saturated heterocycles. The molecular weight excluding hydrogens is 343 g/mol. The number of aryl methyl sites for hydroxylation is 1. The van der Waals surface area contributed by atoms with Gasteiger partial charge in [0.1, 0.15) is 0 Å². The monoisotopic (exact) mass is 353 g/mol. The van der Waals surface area contributed by atoms with Crippen molar-refractivity contribution in [2.24, 2.45) is 0 Å². The van der Waals surface area contributed by atoms with Gasteiger partial charge in [-0.05, 0) is 37.6 Å². The number of carbonyl (C=O) groups is 2. The van der Waals surface area contributed by atoms with Gasteiger partial charge in [0.25, 0.3) is 5.91 Å². The zero-order valence-electron chi connectivity index (χ0n) is 10.5. The molecule has 0 heterocycles. The van der Waals surface area contributed by atoms with E-state index in [1.807, 2.05) is 0 Å². The lowest BCUT2D eigenvalue weighted by Gasteiger charge is -2.28. The maximum absolute atomic E-state index is 12.8. The van der Waals surface area contributed by atoms with E-state index < -0.39 is 23.6 Å². The Hall–Kier alpha value is -1.57. The smallest absolute Gasteiger partial charge is 0.422 e. The number of carboxylic acid groups (broad SMARTS) is 1. The van der Waals surface area contributed by atoms with Crippen LogP contribution in [0.4, 0.5) is 13.2 Å². The van der Waals surface area contributed by atoms with E-state index in [1.54, 1.807) is 6.92 Å². The highest BCUT2D eigenvalue weighted by Gasteiger charge is 2.58. The predicted molar refractivity (Wildman–Crippen MR) is 68.4 cm³/mol. The Morgan fingerprint density at radius 3 is 2.25 bits per heavy atom. The number of amides is 1. The molecule has 1 aromatic carbocycles. The summed E-state index contributed by atoms with van der Waals surface area (Å²) in [5.74, 6) is -3.28. The van der Waals surface area contributed by atoms with E-state index in [2.05, 4.69) is 15.9 Å². The van der Waals surface area contributed by atoms with Gasteiger partial charge in [-0.25, -0.2) is 4.79 Å². The van der Waals surface area contributed by atoms with E-state index in [0.717, 1.165) is 0 Å². The molecule has 1 atom stereocenters. The Labute approximate surface area is 121 Å². The molecular formula is C12H11BrF3NO3. The van der Waals surface area contributed by atoms with E-state index in [1.165, 1.54) is 23.5 Å². The molecule has 0 aliphatic rings. The van der Waals surface area contributed by atoms with Gasteiger partial charge in [0.15, 0.2) is 0 Å². The lowest BCUT2D eigenvalue weighted by atomic mass is 10.0. The first kappa shape index (κ1) is 16.5. The van der Waals surface area contributed by atoms with Crippen LogP contribution in [0, 0.1) is 6.92 Å². The normalized spacial score (nSPS) is 14.5. The Kier molecular flexibility index (Phi) is 4.48. The molecule has 1 aromatic rings. The highest BCUT2D eigenvalue weighted by molar-refractivity contribution is 9.10. The van der Waals surface area contributed by atoms with Gasteiger partial charge in [-0.1, -0.05) is 15.9 Å². The fraction of sp³-hybridized carbons (Fsp3) is 0.333. The third kappa shape index (κ3) is 3.12. The lowest BCUT2D eigenvalue weighted by Crippen LogP contribution is -2.61. The summed E-state index contributed by atoms with van der Waals surface area (Å²) in [5, 5.41) is 10.2. The molecule has 0 fully saturated rings. The molecule has 0 bridgehead atoms. The molecule has 1 amide bonds. The third-order valence-corrected chi connectivity index (χ3v) is 3.67.